The van der Waals surface area contributed by atoms with Gasteiger partial charge in [0.05, 0.1) is 17.3 Å². The lowest BCUT2D eigenvalue weighted by Gasteiger charge is -2.40. The number of aliphatic hydroxyl groups excluding tert-OH is 1. The second-order valence-electron chi connectivity index (χ2n) is 4.91. The van der Waals surface area contributed by atoms with Crippen molar-refractivity contribution in [2.45, 2.75) is 50.3 Å². The fraction of sp³-hybridized carbons (Fsp3) is 0.727. The minimum absolute atomic E-state index is 0.228. The van der Waals surface area contributed by atoms with E-state index in [2.05, 4.69) is 15.7 Å². The maximum Gasteiger partial charge on any atom is 0.109 e. The Hall–Kier alpha value is -0.870. The number of fused-ring (bicyclic) bond motifs is 1. The molecule has 1 fully saturated rings. The Bertz CT molecular complexity index is 356. The highest BCUT2D eigenvalue weighted by atomic mass is 16.3. The molecule has 82 valence electrons. The second-order valence-corrected chi connectivity index (χ2v) is 4.91. The number of aliphatic hydroxyl groups is 1. The Morgan fingerprint density at radius 3 is 2.93 bits per heavy atom. The molecule has 1 aromatic heterocycles. The molecule has 0 saturated heterocycles. The zero-order valence-electron chi connectivity index (χ0n) is 8.82. The topological polar surface area (TPSA) is 64.1 Å². The van der Waals surface area contributed by atoms with Crippen molar-refractivity contribution in [3.8, 4) is 0 Å². The first-order valence-electron chi connectivity index (χ1n) is 5.71. The summed E-state index contributed by atoms with van der Waals surface area (Å²) >= 11 is 0. The van der Waals surface area contributed by atoms with E-state index >= 15 is 0 Å². The highest BCUT2D eigenvalue weighted by Crippen LogP contribution is 2.38. The van der Waals surface area contributed by atoms with Crippen molar-refractivity contribution in [1.82, 2.24) is 9.55 Å². The van der Waals surface area contributed by atoms with Gasteiger partial charge in [-0.2, -0.15) is 0 Å². The van der Waals surface area contributed by atoms with Crippen LogP contribution in [-0.4, -0.2) is 20.8 Å². The zero-order chi connectivity index (χ0) is 10.5. The van der Waals surface area contributed by atoms with Gasteiger partial charge in [0.1, 0.15) is 5.82 Å². The molecule has 0 unspecified atom stereocenters. The minimum atomic E-state index is -0.357. The highest BCUT2D eigenvalue weighted by molar-refractivity contribution is 5.20. The highest BCUT2D eigenvalue weighted by Gasteiger charge is 2.43. The Labute approximate surface area is 89.1 Å². The van der Waals surface area contributed by atoms with E-state index in [1.54, 1.807) is 0 Å². The molecule has 0 aromatic carbocycles. The maximum absolute atomic E-state index is 9.33. The van der Waals surface area contributed by atoms with E-state index < -0.39 is 0 Å². The van der Waals surface area contributed by atoms with E-state index in [0.29, 0.717) is 12.8 Å². The average molecular weight is 207 g/mol. The first-order valence-corrected chi connectivity index (χ1v) is 5.71. The van der Waals surface area contributed by atoms with Crippen molar-refractivity contribution in [2.75, 3.05) is 0 Å². The van der Waals surface area contributed by atoms with Crippen LogP contribution in [0.15, 0.2) is 6.20 Å². The van der Waals surface area contributed by atoms with Crippen LogP contribution in [0, 0.1) is 0 Å². The molecule has 3 rings (SSSR count). The molecule has 0 bridgehead atoms. The van der Waals surface area contributed by atoms with E-state index in [0.717, 1.165) is 18.7 Å². The Morgan fingerprint density at radius 1 is 1.47 bits per heavy atom. The van der Waals surface area contributed by atoms with Crippen LogP contribution in [0.1, 0.15) is 37.2 Å². The summed E-state index contributed by atoms with van der Waals surface area (Å²) in [6.45, 7) is 1.07. The zero-order valence-corrected chi connectivity index (χ0v) is 8.82. The fourth-order valence-electron chi connectivity index (χ4n) is 2.64. The van der Waals surface area contributed by atoms with Crippen molar-refractivity contribution in [3.05, 3.63) is 17.7 Å². The minimum Gasteiger partial charge on any atom is -0.393 e. The molecular weight excluding hydrogens is 190 g/mol. The molecule has 1 aliphatic carbocycles. The molecule has 2 aliphatic rings. The molecular formula is C11H17N3O. The summed E-state index contributed by atoms with van der Waals surface area (Å²) in [5.41, 5.74) is 6.81. The molecule has 0 radical (unpaired) electrons. The summed E-state index contributed by atoms with van der Waals surface area (Å²) in [6.07, 6.45) is 6.71. The number of nitrogens with zero attached hydrogens (tertiary/aromatic N) is 2. The number of aromatic nitrogens is 2. The number of rotatable bonds is 1. The Balaban J connectivity index is 1.90. The van der Waals surface area contributed by atoms with Gasteiger partial charge in [-0.1, -0.05) is 0 Å². The third kappa shape index (κ3) is 1.40. The maximum atomic E-state index is 9.33. The molecule has 1 aromatic rings. The summed E-state index contributed by atoms with van der Waals surface area (Å²) in [5, 5.41) is 9.33. The van der Waals surface area contributed by atoms with Crippen LogP contribution >= 0.6 is 0 Å². The lowest BCUT2D eigenvalue weighted by Crippen LogP contribution is -2.51. The van der Waals surface area contributed by atoms with Gasteiger partial charge in [0.15, 0.2) is 0 Å². The summed E-state index contributed by atoms with van der Waals surface area (Å²) in [5.74, 6) is 1.17. The molecule has 4 heteroatoms. The van der Waals surface area contributed by atoms with Crippen molar-refractivity contribution < 1.29 is 5.11 Å². The van der Waals surface area contributed by atoms with Crippen LogP contribution in [0.5, 0.6) is 0 Å². The van der Waals surface area contributed by atoms with E-state index in [9.17, 15) is 5.11 Å². The van der Waals surface area contributed by atoms with Crippen molar-refractivity contribution in [3.63, 3.8) is 0 Å². The summed E-state index contributed by atoms with van der Waals surface area (Å²) in [6, 6.07) is 0. The molecule has 1 saturated carbocycles. The van der Waals surface area contributed by atoms with Crippen LogP contribution in [0.3, 0.4) is 0 Å². The van der Waals surface area contributed by atoms with Gasteiger partial charge in [-0.3, -0.25) is 0 Å². The Kier molecular flexibility index (Phi) is 1.91. The van der Waals surface area contributed by atoms with E-state index in [1.165, 1.54) is 18.7 Å². The summed E-state index contributed by atoms with van der Waals surface area (Å²) in [7, 11) is 0. The van der Waals surface area contributed by atoms with Gasteiger partial charge in [0, 0.05) is 19.2 Å². The predicted molar refractivity (Wildman–Crippen MR) is 56.3 cm³/mol. The summed E-state index contributed by atoms with van der Waals surface area (Å²) < 4.78 is 2.22. The van der Waals surface area contributed by atoms with Crippen molar-refractivity contribution in [1.29, 1.82) is 0 Å². The lowest BCUT2D eigenvalue weighted by molar-refractivity contribution is 0.0189. The average Bonchev–Trinajstić information content (AvgIpc) is 2.59. The number of imidazole rings is 1. The number of nitrogens with two attached hydrogens (primary N) is 1. The first kappa shape index (κ1) is 9.36. The molecule has 15 heavy (non-hydrogen) atoms. The number of aryl methyl sites for hydroxylation is 2. The molecule has 0 amide bonds. The third-order valence-corrected chi connectivity index (χ3v) is 3.62. The van der Waals surface area contributed by atoms with Gasteiger partial charge in [-0.25, -0.2) is 4.98 Å². The SMILES string of the molecule is NC1(c2cn3c(n2)CCCC3)CC(O)C1. The monoisotopic (exact) mass is 207 g/mol. The number of hydrogen-bond donors (Lipinski definition) is 2. The van der Waals surface area contributed by atoms with Crippen LogP contribution in [0.25, 0.3) is 0 Å². The van der Waals surface area contributed by atoms with Crippen LogP contribution in [-0.2, 0) is 18.5 Å². The molecule has 1 aliphatic heterocycles. The first-order chi connectivity index (χ1) is 7.17. The van der Waals surface area contributed by atoms with Crippen LogP contribution in [0.4, 0.5) is 0 Å². The normalized spacial score (nSPS) is 34.7. The quantitative estimate of drug-likeness (QED) is 0.706. The largest absolute Gasteiger partial charge is 0.393 e. The predicted octanol–water partition coefficient (Wildman–Crippen LogP) is 0.528. The molecule has 2 heterocycles. The second kappa shape index (κ2) is 3.06. The van der Waals surface area contributed by atoms with Gasteiger partial charge >= 0.3 is 0 Å². The van der Waals surface area contributed by atoms with E-state index in [1.807, 2.05) is 0 Å². The van der Waals surface area contributed by atoms with Gasteiger partial charge in [-0.05, 0) is 25.7 Å². The number of hydrogen-bond acceptors (Lipinski definition) is 3. The molecule has 0 spiro atoms. The van der Waals surface area contributed by atoms with E-state index in [4.69, 9.17) is 5.73 Å². The van der Waals surface area contributed by atoms with Crippen molar-refractivity contribution >= 4 is 0 Å². The fourth-order valence-corrected chi connectivity index (χ4v) is 2.64. The van der Waals surface area contributed by atoms with Gasteiger partial charge in [0.25, 0.3) is 0 Å². The Morgan fingerprint density at radius 2 is 2.27 bits per heavy atom. The van der Waals surface area contributed by atoms with E-state index in [-0.39, 0.29) is 11.6 Å². The summed E-state index contributed by atoms with van der Waals surface area (Å²) in [4.78, 5) is 4.61. The molecule has 4 nitrogen and oxygen atoms in total. The molecule has 0 atom stereocenters. The smallest absolute Gasteiger partial charge is 0.109 e. The third-order valence-electron chi connectivity index (χ3n) is 3.62. The van der Waals surface area contributed by atoms with Gasteiger partial charge in [0.2, 0.25) is 0 Å². The standard InChI is InChI=1S/C11H17N3O/c12-11(5-8(15)6-11)9-7-14-4-2-1-3-10(14)13-9/h7-8,15H,1-6,12H2. The van der Waals surface area contributed by atoms with Crippen LogP contribution < -0.4 is 5.73 Å². The van der Waals surface area contributed by atoms with Crippen LogP contribution in [0.2, 0.25) is 0 Å². The van der Waals surface area contributed by atoms with Gasteiger partial charge < -0.3 is 15.4 Å². The molecule has 3 N–H and O–H groups in total. The van der Waals surface area contributed by atoms with Gasteiger partial charge in [-0.15, -0.1) is 0 Å². The lowest BCUT2D eigenvalue weighted by atomic mass is 9.73. The van der Waals surface area contributed by atoms with Crippen molar-refractivity contribution in [2.24, 2.45) is 5.73 Å².